The van der Waals surface area contributed by atoms with Crippen molar-refractivity contribution < 1.29 is 9.53 Å². The second-order valence-electron chi connectivity index (χ2n) is 7.81. The molecular formula is C24H29N5O2. The quantitative estimate of drug-likeness (QED) is 0.650. The van der Waals surface area contributed by atoms with Gasteiger partial charge in [0.25, 0.3) is 0 Å². The number of hydrogen-bond donors (Lipinski definition) is 1. The first-order chi connectivity index (χ1) is 15.1. The Labute approximate surface area is 182 Å². The number of para-hydroxylation sites is 2. The summed E-state index contributed by atoms with van der Waals surface area (Å²) < 4.78 is 5.33. The molecule has 0 spiro atoms. The third-order valence-corrected chi connectivity index (χ3v) is 5.93. The van der Waals surface area contributed by atoms with Crippen molar-refractivity contribution >= 4 is 28.4 Å². The van der Waals surface area contributed by atoms with Crippen LogP contribution >= 0.6 is 0 Å². The van der Waals surface area contributed by atoms with Crippen LogP contribution < -0.4 is 15.0 Å². The minimum Gasteiger partial charge on any atom is -0.495 e. The first-order valence-corrected chi connectivity index (χ1v) is 11.0. The zero-order valence-electron chi connectivity index (χ0n) is 18.4. The smallest absolute Gasteiger partial charge is 0.227 e. The molecule has 2 aromatic heterocycles. The third kappa shape index (κ3) is 4.45. The summed E-state index contributed by atoms with van der Waals surface area (Å²) in [6.07, 6.45) is 5.18. The molecule has 3 heterocycles. The van der Waals surface area contributed by atoms with Gasteiger partial charge in [0.15, 0.2) is 5.65 Å². The lowest BCUT2D eigenvalue weighted by atomic mass is 9.95. The molecule has 0 atom stereocenters. The van der Waals surface area contributed by atoms with Gasteiger partial charge >= 0.3 is 0 Å². The average Bonchev–Trinajstić information content (AvgIpc) is 2.83. The molecule has 0 radical (unpaired) electrons. The van der Waals surface area contributed by atoms with Gasteiger partial charge in [-0.15, -0.1) is 0 Å². The third-order valence-electron chi connectivity index (χ3n) is 5.93. The summed E-state index contributed by atoms with van der Waals surface area (Å²) in [5, 5.41) is 3.02. The van der Waals surface area contributed by atoms with E-state index in [-0.39, 0.29) is 11.8 Å². The number of carbonyl (C=O) groups is 1. The maximum Gasteiger partial charge on any atom is 0.227 e. The Morgan fingerprint density at radius 3 is 2.55 bits per heavy atom. The summed E-state index contributed by atoms with van der Waals surface area (Å²) in [4.78, 5) is 29.1. The highest BCUT2D eigenvalue weighted by Crippen LogP contribution is 2.28. The van der Waals surface area contributed by atoms with E-state index >= 15 is 0 Å². The highest BCUT2D eigenvalue weighted by Gasteiger charge is 2.26. The number of amides is 1. The van der Waals surface area contributed by atoms with E-state index in [9.17, 15) is 4.79 Å². The molecular weight excluding hydrogens is 390 g/mol. The Bertz CT molecular complexity index is 1080. The first-order valence-electron chi connectivity index (χ1n) is 11.0. The van der Waals surface area contributed by atoms with Crippen molar-refractivity contribution in [1.29, 1.82) is 0 Å². The number of nitrogens with zero attached hydrogens (tertiary/aromatic N) is 4. The van der Waals surface area contributed by atoms with E-state index in [0.29, 0.717) is 17.1 Å². The molecule has 7 nitrogen and oxygen atoms in total. The normalized spacial score (nSPS) is 14.6. The fraction of sp³-hybridized carbons (Fsp3) is 0.417. The summed E-state index contributed by atoms with van der Waals surface area (Å²) >= 11 is 0. The number of methoxy groups -OCH3 is 1. The van der Waals surface area contributed by atoms with Gasteiger partial charge in [0.2, 0.25) is 5.91 Å². The molecule has 31 heavy (non-hydrogen) atoms. The summed E-state index contributed by atoms with van der Waals surface area (Å²) in [7, 11) is 1.61. The number of piperidine rings is 1. The Kier molecular flexibility index (Phi) is 6.30. The largest absolute Gasteiger partial charge is 0.495 e. The van der Waals surface area contributed by atoms with Gasteiger partial charge in [-0.3, -0.25) is 4.79 Å². The Balaban J connectivity index is 1.43. The lowest BCUT2D eigenvalue weighted by Crippen LogP contribution is -2.38. The Morgan fingerprint density at radius 2 is 1.84 bits per heavy atom. The van der Waals surface area contributed by atoms with Crippen molar-refractivity contribution in [2.75, 3.05) is 30.4 Å². The number of pyridine rings is 1. The Morgan fingerprint density at radius 1 is 1.13 bits per heavy atom. The zero-order valence-corrected chi connectivity index (χ0v) is 18.4. The first kappa shape index (κ1) is 21.0. The van der Waals surface area contributed by atoms with Crippen LogP contribution in [0.2, 0.25) is 0 Å². The zero-order chi connectivity index (χ0) is 21.8. The van der Waals surface area contributed by atoms with Gasteiger partial charge in [-0.05, 0) is 43.9 Å². The fourth-order valence-electron chi connectivity index (χ4n) is 4.13. The number of aryl methyl sites for hydroxylation is 2. The highest BCUT2D eigenvalue weighted by molar-refractivity contribution is 5.94. The fourth-order valence-corrected chi connectivity index (χ4v) is 4.13. The minimum absolute atomic E-state index is 0.0202. The highest BCUT2D eigenvalue weighted by atomic mass is 16.5. The number of carbonyl (C=O) groups excluding carboxylic acids is 1. The standard InChI is InChI=1S/C24H29N5O2/c1-4-18-19(5-2)27-23-21(26-18)14-17(15-25-23)29-12-10-16(11-13-29)24(30)28-20-8-6-7-9-22(20)31-3/h6-9,14-16H,4-5,10-13H2,1-3H3,(H,28,30). The molecule has 1 aromatic carbocycles. The van der Waals surface area contributed by atoms with Crippen molar-refractivity contribution in [3.05, 3.63) is 47.9 Å². The number of nitrogens with one attached hydrogen (secondary N) is 1. The number of aromatic nitrogens is 3. The van der Waals surface area contributed by atoms with Crippen LogP contribution in [0.25, 0.3) is 11.2 Å². The number of rotatable bonds is 6. The van der Waals surface area contributed by atoms with E-state index < -0.39 is 0 Å². The molecule has 1 amide bonds. The van der Waals surface area contributed by atoms with Crippen LogP contribution in [0.5, 0.6) is 5.75 Å². The number of anilines is 2. The van der Waals surface area contributed by atoms with Crippen LogP contribution in [-0.4, -0.2) is 41.1 Å². The maximum atomic E-state index is 12.8. The molecule has 0 saturated carbocycles. The number of ether oxygens (including phenoxy) is 1. The van der Waals surface area contributed by atoms with E-state index in [0.717, 1.165) is 61.4 Å². The minimum atomic E-state index is -0.0202. The van der Waals surface area contributed by atoms with Gasteiger partial charge in [0.1, 0.15) is 11.3 Å². The molecule has 1 aliphatic heterocycles. The van der Waals surface area contributed by atoms with E-state index in [4.69, 9.17) is 9.72 Å². The molecule has 1 aliphatic rings. The van der Waals surface area contributed by atoms with Gasteiger partial charge < -0.3 is 15.0 Å². The van der Waals surface area contributed by atoms with Crippen LogP contribution in [0.1, 0.15) is 38.1 Å². The molecule has 1 saturated heterocycles. The number of fused-ring (bicyclic) bond motifs is 1. The molecule has 4 rings (SSSR count). The van der Waals surface area contributed by atoms with Crippen molar-refractivity contribution in [2.24, 2.45) is 5.92 Å². The molecule has 1 fully saturated rings. The summed E-state index contributed by atoms with van der Waals surface area (Å²) in [5.74, 6) is 0.703. The second-order valence-corrected chi connectivity index (χ2v) is 7.81. The molecule has 0 unspecified atom stereocenters. The molecule has 3 aromatic rings. The lowest BCUT2D eigenvalue weighted by Gasteiger charge is -2.32. The van der Waals surface area contributed by atoms with Crippen LogP contribution in [0.4, 0.5) is 11.4 Å². The van der Waals surface area contributed by atoms with E-state index in [2.05, 4.69) is 40.1 Å². The Hall–Kier alpha value is -3.22. The monoisotopic (exact) mass is 419 g/mol. The average molecular weight is 420 g/mol. The van der Waals surface area contributed by atoms with E-state index in [1.165, 1.54) is 0 Å². The maximum absolute atomic E-state index is 12.8. The van der Waals surface area contributed by atoms with Crippen LogP contribution in [0, 0.1) is 5.92 Å². The topological polar surface area (TPSA) is 80.2 Å². The van der Waals surface area contributed by atoms with Crippen LogP contribution in [-0.2, 0) is 17.6 Å². The second kappa shape index (κ2) is 9.29. The molecule has 1 N–H and O–H groups in total. The summed E-state index contributed by atoms with van der Waals surface area (Å²) in [6.45, 7) is 5.81. The van der Waals surface area contributed by atoms with Crippen molar-refractivity contribution in [3.8, 4) is 5.75 Å². The van der Waals surface area contributed by atoms with Gasteiger partial charge in [-0.25, -0.2) is 15.0 Å². The predicted octanol–water partition coefficient (Wildman–Crippen LogP) is 4.01. The van der Waals surface area contributed by atoms with Crippen molar-refractivity contribution in [2.45, 2.75) is 39.5 Å². The van der Waals surface area contributed by atoms with Gasteiger partial charge in [0, 0.05) is 19.0 Å². The van der Waals surface area contributed by atoms with Crippen LogP contribution in [0.15, 0.2) is 36.5 Å². The lowest BCUT2D eigenvalue weighted by molar-refractivity contribution is -0.120. The van der Waals surface area contributed by atoms with E-state index in [1.54, 1.807) is 7.11 Å². The summed E-state index contributed by atoms with van der Waals surface area (Å²) in [6, 6.07) is 9.57. The number of hydrogen-bond acceptors (Lipinski definition) is 6. The summed E-state index contributed by atoms with van der Waals surface area (Å²) in [5.41, 5.74) is 5.36. The SMILES string of the molecule is CCc1nc2cc(N3CCC(C(=O)Nc4ccccc4OC)CC3)cnc2nc1CC. The van der Waals surface area contributed by atoms with Gasteiger partial charge in [-0.1, -0.05) is 26.0 Å². The van der Waals surface area contributed by atoms with Gasteiger partial charge in [0.05, 0.1) is 36.1 Å². The predicted molar refractivity (Wildman–Crippen MR) is 123 cm³/mol. The molecule has 7 heteroatoms. The van der Waals surface area contributed by atoms with Gasteiger partial charge in [-0.2, -0.15) is 0 Å². The van der Waals surface area contributed by atoms with Crippen LogP contribution in [0.3, 0.4) is 0 Å². The van der Waals surface area contributed by atoms with E-state index in [1.807, 2.05) is 30.5 Å². The molecule has 0 bridgehead atoms. The molecule has 162 valence electrons. The molecule has 0 aliphatic carbocycles. The number of benzene rings is 1. The van der Waals surface area contributed by atoms with Crippen molar-refractivity contribution in [1.82, 2.24) is 15.0 Å². The van der Waals surface area contributed by atoms with Crippen molar-refractivity contribution in [3.63, 3.8) is 0 Å².